The van der Waals surface area contributed by atoms with Crippen LogP contribution in [0.25, 0.3) is 38.0 Å². The molecule has 0 fully saturated rings. The van der Waals surface area contributed by atoms with Crippen LogP contribution in [0, 0.1) is 0 Å². The van der Waals surface area contributed by atoms with Crippen LogP contribution in [-0.4, -0.2) is 4.40 Å². The smallest absolute Gasteiger partial charge is 0.263 e. The number of pyridine rings is 1. The Bertz CT molecular complexity index is 1300. The zero-order valence-electron chi connectivity index (χ0n) is 11.8. The number of hydrogen-bond acceptors (Lipinski definition) is 1. The van der Waals surface area contributed by atoms with Crippen molar-refractivity contribution in [2.24, 2.45) is 0 Å². The Kier molecular flexibility index (Phi) is 2.68. The van der Waals surface area contributed by atoms with Gasteiger partial charge in [0, 0.05) is 30.5 Å². The fourth-order valence-electron chi connectivity index (χ4n) is 3.53. The molecule has 0 N–H and O–H groups in total. The number of halogens is 2. The molecule has 0 aliphatic carbocycles. The normalized spacial score (nSPS) is 12.1. The first-order chi connectivity index (χ1) is 11.1. The highest BCUT2D eigenvalue weighted by molar-refractivity contribution is 9.10. The van der Waals surface area contributed by atoms with Crippen LogP contribution in [0.3, 0.4) is 0 Å². The summed E-state index contributed by atoms with van der Waals surface area (Å²) in [6, 6.07) is 18.1. The molecule has 23 heavy (non-hydrogen) atoms. The van der Waals surface area contributed by atoms with E-state index in [1.54, 1.807) is 0 Å². The lowest BCUT2D eigenvalue weighted by Gasteiger charge is -2.06. The Hall–Kier alpha value is -1.91. The Morgan fingerprint density at radius 1 is 0.696 bits per heavy atom. The number of rotatable bonds is 0. The van der Waals surface area contributed by atoms with Crippen molar-refractivity contribution in [1.82, 2.24) is 4.40 Å². The summed E-state index contributed by atoms with van der Waals surface area (Å²) in [6.45, 7) is 0. The molecule has 5 rings (SSSR count). The van der Waals surface area contributed by atoms with Crippen molar-refractivity contribution in [1.29, 1.82) is 0 Å². The largest absolute Gasteiger partial charge is 0.275 e. The minimum absolute atomic E-state index is 0.0396. The highest BCUT2D eigenvalue weighted by Gasteiger charge is 2.17. The van der Waals surface area contributed by atoms with Crippen LogP contribution in [-0.2, 0) is 0 Å². The van der Waals surface area contributed by atoms with Crippen molar-refractivity contribution in [2.45, 2.75) is 0 Å². The molecule has 4 heteroatoms. The summed E-state index contributed by atoms with van der Waals surface area (Å²) in [5.41, 5.74) is 1.98. The number of nitrogens with zero attached hydrogens (tertiary/aromatic N) is 1. The van der Waals surface area contributed by atoms with Gasteiger partial charge in [0.2, 0.25) is 0 Å². The summed E-state index contributed by atoms with van der Waals surface area (Å²) in [6.07, 6.45) is 0. The molecule has 0 unspecified atom stereocenters. The average molecular weight is 427 g/mol. The molecule has 0 spiro atoms. The Labute approximate surface area is 147 Å². The van der Waals surface area contributed by atoms with E-state index in [0.717, 1.165) is 46.9 Å². The van der Waals surface area contributed by atoms with E-state index in [4.69, 9.17) is 0 Å². The third-order valence-corrected chi connectivity index (χ3v) is 5.39. The first-order valence-corrected chi connectivity index (χ1v) is 8.81. The second-order valence-corrected chi connectivity index (χ2v) is 7.53. The van der Waals surface area contributed by atoms with Gasteiger partial charge in [-0.2, -0.15) is 0 Å². The Balaban J connectivity index is 2.29. The minimum atomic E-state index is 0.0396. The third-order valence-electron chi connectivity index (χ3n) is 4.44. The molecule has 2 aromatic heterocycles. The molecule has 0 radical (unpaired) electrons. The van der Waals surface area contributed by atoms with Gasteiger partial charge >= 0.3 is 0 Å². The fourth-order valence-corrected chi connectivity index (χ4v) is 4.34. The first kappa shape index (κ1) is 13.5. The maximum Gasteiger partial charge on any atom is 0.263 e. The van der Waals surface area contributed by atoms with Gasteiger partial charge in [-0.1, -0.05) is 50.1 Å². The van der Waals surface area contributed by atoms with Crippen molar-refractivity contribution in [2.75, 3.05) is 0 Å². The summed E-state index contributed by atoms with van der Waals surface area (Å²) >= 11 is 7.16. The molecule has 110 valence electrons. The van der Waals surface area contributed by atoms with Gasteiger partial charge in [-0.25, -0.2) is 0 Å². The van der Waals surface area contributed by atoms with E-state index in [1.165, 1.54) is 0 Å². The van der Waals surface area contributed by atoms with E-state index in [0.29, 0.717) is 0 Å². The summed E-state index contributed by atoms with van der Waals surface area (Å²) in [5.74, 6) is 0. The van der Waals surface area contributed by atoms with Crippen LogP contribution < -0.4 is 5.56 Å². The molecule has 0 saturated carbocycles. The van der Waals surface area contributed by atoms with Gasteiger partial charge in [-0.15, -0.1) is 0 Å². The van der Waals surface area contributed by atoms with Gasteiger partial charge in [0.15, 0.2) is 0 Å². The number of hydrogen-bond donors (Lipinski definition) is 0. The van der Waals surface area contributed by atoms with Gasteiger partial charge in [0.1, 0.15) is 0 Å². The molecule has 0 saturated heterocycles. The summed E-state index contributed by atoms with van der Waals surface area (Å²) in [7, 11) is 0. The second kappa shape index (κ2) is 4.56. The monoisotopic (exact) mass is 425 g/mol. The van der Waals surface area contributed by atoms with E-state index < -0.39 is 0 Å². The number of aromatic nitrogens is 1. The predicted octanol–water partition coefficient (Wildman–Crippen LogP) is 5.72. The molecule has 0 amide bonds. The average Bonchev–Trinajstić information content (AvgIpc) is 2.87. The van der Waals surface area contributed by atoms with E-state index in [1.807, 2.05) is 40.8 Å². The lowest BCUT2D eigenvalue weighted by Crippen LogP contribution is -2.12. The van der Waals surface area contributed by atoms with Gasteiger partial charge in [0.25, 0.3) is 5.56 Å². The van der Waals surface area contributed by atoms with Gasteiger partial charge in [-0.3, -0.25) is 9.20 Å². The van der Waals surface area contributed by atoms with Crippen LogP contribution in [0.4, 0.5) is 0 Å². The van der Waals surface area contributed by atoms with Crippen molar-refractivity contribution in [3.8, 4) is 0 Å². The summed E-state index contributed by atoms with van der Waals surface area (Å²) < 4.78 is 3.87. The standard InChI is InChI=1S/C19H9Br2NO/c20-10-5-6-17-14(7-10)16-9-11(21)8-15-12-3-1-2-4-13(12)19(23)22(17)18(15)16/h1-9H. The fraction of sp³-hybridized carbons (Fsp3) is 0. The molecule has 0 aliphatic rings. The van der Waals surface area contributed by atoms with Crippen molar-refractivity contribution >= 4 is 69.8 Å². The van der Waals surface area contributed by atoms with Crippen molar-refractivity contribution < 1.29 is 0 Å². The molecule has 3 aromatic carbocycles. The van der Waals surface area contributed by atoms with E-state index in [-0.39, 0.29) is 5.56 Å². The first-order valence-electron chi connectivity index (χ1n) is 7.22. The Morgan fingerprint density at radius 2 is 1.35 bits per heavy atom. The molecule has 2 nitrogen and oxygen atoms in total. The highest BCUT2D eigenvalue weighted by atomic mass is 79.9. The lowest BCUT2D eigenvalue weighted by atomic mass is 10.0. The zero-order chi connectivity index (χ0) is 15.7. The Morgan fingerprint density at radius 3 is 2.13 bits per heavy atom. The quantitative estimate of drug-likeness (QED) is 0.290. The topological polar surface area (TPSA) is 21.5 Å². The maximum absolute atomic E-state index is 13.1. The molecule has 0 aliphatic heterocycles. The number of benzene rings is 3. The molecule has 0 bridgehead atoms. The SMILES string of the molecule is O=c1c2ccccc2c2cc(Br)cc3c4cc(Br)ccc4n1c23. The van der Waals surface area contributed by atoms with Crippen LogP contribution in [0.5, 0.6) is 0 Å². The molecule has 0 atom stereocenters. The van der Waals surface area contributed by atoms with Crippen molar-refractivity contribution in [3.05, 3.63) is 73.9 Å². The number of fused-ring (bicyclic) bond motifs is 5. The zero-order valence-corrected chi connectivity index (χ0v) is 15.0. The summed E-state index contributed by atoms with van der Waals surface area (Å²) in [4.78, 5) is 13.1. The van der Waals surface area contributed by atoms with E-state index >= 15 is 0 Å². The van der Waals surface area contributed by atoms with Gasteiger partial charge < -0.3 is 0 Å². The maximum atomic E-state index is 13.1. The third kappa shape index (κ3) is 1.71. The second-order valence-electron chi connectivity index (χ2n) is 5.70. The van der Waals surface area contributed by atoms with Crippen LogP contribution in [0.1, 0.15) is 0 Å². The van der Waals surface area contributed by atoms with E-state index in [2.05, 4.69) is 50.1 Å². The van der Waals surface area contributed by atoms with Crippen LogP contribution >= 0.6 is 31.9 Å². The highest BCUT2D eigenvalue weighted by Crippen LogP contribution is 2.37. The van der Waals surface area contributed by atoms with Gasteiger partial charge in [0.05, 0.1) is 11.0 Å². The molecule has 5 aromatic rings. The molecular weight excluding hydrogens is 418 g/mol. The summed E-state index contributed by atoms with van der Waals surface area (Å²) in [5, 5.41) is 5.02. The predicted molar refractivity (Wildman–Crippen MR) is 103 cm³/mol. The minimum Gasteiger partial charge on any atom is -0.275 e. The van der Waals surface area contributed by atoms with Crippen LogP contribution in [0.15, 0.2) is 68.3 Å². The molecular formula is C19H9Br2NO. The van der Waals surface area contributed by atoms with E-state index in [9.17, 15) is 4.79 Å². The lowest BCUT2D eigenvalue weighted by molar-refractivity contribution is 1.21. The molecule has 2 heterocycles. The van der Waals surface area contributed by atoms with Crippen LogP contribution in [0.2, 0.25) is 0 Å². The van der Waals surface area contributed by atoms with Crippen molar-refractivity contribution in [3.63, 3.8) is 0 Å². The van der Waals surface area contributed by atoms with Gasteiger partial charge in [-0.05, 0) is 41.8 Å².